The molecule has 2 aromatic carbocycles. The number of hydrogen-bond acceptors (Lipinski definition) is 6. The van der Waals surface area contributed by atoms with Gasteiger partial charge in [-0.2, -0.15) is 5.10 Å². The minimum Gasteiger partial charge on any atom is -0.493 e. The molecule has 1 heterocycles. The fourth-order valence-electron chi connectivity index (χ4n) is 2.51. The summed E-state index contributed by atoms with van der Waals surface area (Å²) in [6, 6.07) is 12.8. The summed E-state index contributed by atoms with van der Waals surface area (Å²) in [6.07, 6.45) is 3.18. The molecule has 0 unspecified atom stereocenters. The van der Waals surface area contributed by atoms with Crippen molar-refractivity contribution in [3.63, 3.8) is 0 Å². The van der Waals surface area contributed by atoms with Gasteiger partial charge in [-0.25, -0.2) is 5.43 Å². The molecule has 8 heteroatoms. The predicted molar refractivity (Wildman–Crippen MR) is 110 cm³/mol. The summed E-state index contributed by atoms with van der Waals surface area (Å²) < 4.78 is 16.8. The summed E-state index contributed by atoms with van der Waals surface area (Å²) in [5, 5.41) is 4.90. The molecule has 144 valence electrons. The lowest BCUT2D eigenvalue weighted by molar-refractivity contribution is -0.123. The van der Waals surface area contributed by atoms with Gasteiger partial charge in [-0.15, -0.1) is 0 Å². The van der Waals surface area contributed by atoms with Crippen LogP contribution in [0.25, 0.3) is 10.9 Å². The standard InChI is InChI=1S/C20H18BrN3O4/c1-26-17-9-14(15(21)10-18(17)27-2)11-23-24-19(25)12-28-16-7-3-5-13-6-4-8-22-20(13)16/h3-11H,12H2,1-2H3,(H,24,25)/b23-11+. The van der Waals surface area contributed by atoms with Gasteiger partial charge in [0.1, 0.15) is 11.3 Å². The maximum atomic E-state index is 12.0. The van der Waals surface area contributed by atoms with Crippen molar-refractivity contribution in [1.29, 1.82) is 0 Å². The van der Waals surface area contributed by atoms with Crippen molar-refractivity contribution in [2.24, 2.45) is 5.10 Å². The van der Waals surface area contributed by atoms with E-state index in [4.69, 9.17) is 14.2 Å². The number of carbonyl (C=O) groups is 1. The molecule has 0 saturated carbocycles. The highest BCUT2D eigenvalue weighted by molar-refractivity contribution is 9.10. The molecule has 1 amide bonds. The van der Waals surface area contributed by atoms with Crippen molar-refractivity contribution < 1.29 is 19.0 Å². The molecule has 0 spiro atoms. The van der Waals surface area contributed by atoms with Gasteiger partial charge in [-0.1, -0.05) is 18.2 Å². The Morgan fingerprint density at radius 1 is 1.14 bits per heavy atom. The highest BCUT2D eigenvalue weighted by Crippen LogP contribution is 2.32. The van der Waals surface area contributed by atoms with Crippen LogP contribution in [0.3, 0.4) is 0 Å². The molecule has 0 aliphatic rings. The van der Waals surface area contributed by atoms with E-state index in [9.17, 15) is 4.79 Å². The number of aromatic nitrogens is 1. The van der Waals surface area contributed by atoms with Crippen LogP contribution in [0.1, 0.15) is 5.56 Å². The number of methoxy groups -OCH3 is 2. The van der Waals surface area contributed by atoms with E-state index >= 15 is 0 Å². The molecule has 1 aromatic heterocycles. The van der Waals surface area contributed by atoms with Gasteiger partial charge in [0.2, 0.25) is 0 Å². The van der Waals surface area contributed by atoms with Crippen molar-refractivity contribution in [2.75, 3.05) is 20.8 Å². The number of hydrazone groups is 1. The zero-order valence-electron chi connectivity index (χ0n) is 15.3. The van der Waals surface area contributed by atoms with Gasteiger partial charge in [0.25, 0.3) is 5.91 Å². The number of nitrogens with zero attached hydrogens (tertiary/aromatic N) is 2. The van der Waals surface area contributed by atoms with Crippen LogP contribution in [0.4, 0.5) is 0 Å². The molecule has 0 aliphatic carbocycles. The first-order valence-corrected chi connectivity index (χ1v) is 9.11. The van der Waals surface area contributed by atoms with Crippen molar-refractivity contribution in [3.05, 3.63) is 58.7 Å². The van der Waals surface area contributed by atoms with E-state index in [1.807, 2.05) is 24.3 Å². The van der Waals surface area contributed by atoms with Gasteiger partial charge in [-0.05, 0) is 40.2 Å². The Morgan fingerprint density at radius 3 is 2.68 bits per heavy atom. The molecule has 0 fully saturated rings. The molecule has 3 aromatic rings. The van der Waals surface area contributed by atoms with E-state index in [1.165, 1.54) is 6.21 Å². The summed E-state index contributed by atoms with van der Waals surface area (Å²) in [7, 11) is 3.11. The maximum Gasteiger partial charge on any atom is 0.277 e. The van der Waals surface area contributed by atoms with Gasteiger partial charge >= 0.3 is 0 Å². The molecule has 28 heavy (non-hydrogen) atoms. The molecule has 0 aliphatic heterocycles. The fraction of sp³-hybridized carbons (Fsp3) is 0.150. The first kappa shape index (κ1) is 19.6. The second-order valence-electron chi connectivity index (χ2n) is 5.64. The smallest absolute Gasteiger partial charge is 0.277 e. The number of ether oxygens (including phenoxy) is 3. The molecule has 7 nitrogen and oxygen atoms in total. The lowest BCUT2D eigenvalue weighted by Crippen LogP contribution is -2.24. The number of benzene rings is 2. The fourth-order valence-corrected chi connectivity index (χ4v) is 2.94. The zero-order chi connectivity index (χ0) is 19.9. The van der Waals surface area contributed by atoms with Gasteiger partial charge < -0.3 is 14.2 Å². The topological polar surface area (TPSA) is 82.0 Å². The predicted octanol–water partition coefficient (Wildman–Crippen LogP) is 3.54. The highest BCUT2D eigenvalue weighted by atomic mass is 79.9. The Hall–Kier alpha value is -3.13. The van der Waals surface area contributed by atoms with Crippen LogP contribution < -0.4 is 19.6 Å². The van der Waals surface area contributed by atoms with E-state index in [0.29, 0.717) is 22.8 Å². The number of nitrogens with one attached hydrogen (secondary N) is 1. The lowest BCUT2D eigenvalue weighted by Gasteiger charge is -2.09. The quantitative estimate of drug-likeness (QED) is 0.445. The van der Waals surface area contributed by atoms with Crippen molar-refractivity contribution in [2.45, 2.75) is 0 Å². The van der Waals surface area contributed by atoms with Crippen molar-refractivity contribution in [3.8, 4) is 17.2 Å². The maximum absolute atomic E-state index is 12.0. The minimum absolute atomic E-state index is 0.180. The molecular weight excluding hydrogens is 426 g/mol. The van der Waals surface area contributed by atoms with E-state index < -0.39 is 0 Å². The second-order valence-corrected chi connectivity index (χ2v) is 6.50. The minimum atomic E-state index is -0.388. The van der Waals surface area contributed by atoms with Crippen LogP contribution in [0, 0.1) is 0 Å². The monoisotopic (exact) mass is 443 g/mol. The first-order chi connectivity index (χ1) is 13.6. The molecule has 0 bridgehead atoms. The summed E-state index contributed by atoms with van der Waals surface area (Å²) in [4.78, 5) is 16.3. The Bertz CT molecular complexity index is 1020. The normalized spacial score (nSPS) is 10.8. The number of pyridine rings is 1. The van der Waals surface area contributed by atoms with Crippen LogP contribution in [0.5, 0.6) is 17.2 Å². The molecule has 0 saturated heterocycles. The molecule has 3 rings (SSSR count). The van der Waals surface area contributed by atoms with Crippen LogP contribution >= 0.6 is 15.9 Å². The highest BCUT2D eigenvalue weighted by Gasteiger charge is 2.09. The van der Waals surface area contributed by atoms with Crippen LogP contribution in [0.2, 0.25) is 0 Å². The average Bonchev–Trinajstić information content (AvgIpc) is 2.73. The third kappa shape index (κ3) is 4.58. The van der Waals surface area contributed by atoms with Gasteiger partial charge in [0.15, 0.2) is 18.1 Å². The lowest BCUT2D eigenvalue weighted by atomic mass is 10.2. The summed E-state index contributed by atoms with van der Waals surface area (Å²) in [6.45, 7) is -0.180. The number of halogens is 1. The number of para-hydroxylation sites is 1. The summed E-state index contributed by atoms with van der Waals surface area (Å²) in [5.74, 6) is 1.30. The number of carbonyl (C=O) groups excluding carboxylic acids is 1. The number of hydrogen-bond donors (Lipinski definition) is 1. The summed E-state index contributed by atoms with van der Waals surface area (Å²) in [5.41, 5.74) is 3.86. The molecule has 1 N–H and O–H groups in total. The van der Waals surface area contributed by atoms with Crippen LogP contribution in [0.15, 0.2) is 58.2 Å². The Kier molecular flexibility index (Phi) is 6.44. The van der Waals surface area contributed by atoms with Crippen molar-refractivity contribution in [1.82, 2.24) is 10.4 Å². The SMILES string of the molecule is COc1cc(Br)c(/C=N/NC(=O)COc2cccc3cccnc23)cc1OC. The molecular formula is C20H18BrN3O4. The number of amides is 1. The zero-order valence-corrected chi connectivity index (χ0v) is 16.9. The average molecular weight is 444 g/mol. The number of rotatable bonds is 7. The van der Waals surface area contributed by atoms with E-state index in [0.717, 1.165) is 15.4 Å². The summed E-state index contributed by atoms with van der Waals surface area (Å²) >= 11 is 3.43. The second kappa shape index (κ2) is 9.18. The Morgan fingerprint density at radius 2 is 1.89 bits per heavy atom. The largest absolute Gasteiger partial charge is 0.493 e. The first-order valence-electron chi connectivity index (χ1n) is 8.32. The molecule has 0 radical (unpaired) electrons. The van der Waals surface area contributed by atoms with Crippen LogP contribution in [-0.2, 0) is 4.79 Å². The van der Waals surface area contributed by atoms with Gasteiger partial charge in [0.05, 0.1) is 20.4 Å². The van der Waals surface area contributed by atoms with E-state index in [1.54, 1.807) is 38.6 Å². The Balaban J connectivity index is 1.61. The number of fused-ring (bicyclic) bond motifs is 1. The third-order valence-electron chi connectivity index (χ3n) is 3.85. The van der Waals surface area contributed by atoms with E-state index in [2.05, 4.69) is 31.4 Å². The van der Waals surface area contributed by atoms with Gasteiger partial charge in [-0.3, -0.25) is 9.78 Å². The van der Waals surface area contributed by atoms with Crippen LogP contribution in [-0.4, -0.2) is 37.9 Å². The Labute approximate surface area is 170 Å². The van der Waals surface area contributed by atoms with Crippen molar-refractivity contribution >= 4 is 39.0 Å². The third-order valence-corrected chi connectivity index (χ3v) is 4.54. The molecule has 0 atom stereocenters. The van der Waals surface area contributed by atoms with Gasteiger partial charge in [0, 0.05) is 21.6 Å². The van der Waals surface area contributed by atoms with E-state index in [-0.39, 0.29) is 12.5 Å².